The van der Waals surface area contributed by atoms with E-state index < -0.39 is 0 Å². The van der Waals surface area contributed by atoms with E-state index in [4.69, 9.17) is 9.47 Å². The van der Waals surface area contributed by atoms with Gasteiger partial charge >= 0.3 is 0 Å². The number of hydrogen-bond donors (Lipinski definition) is 2. The van der Waals surface area contributed by atoms with Gasteiger partial charge in [-0.25, -0.2) is 0 Å². The molecule has 0 spiro atoms. The maximum atomic E-state index is 12.1. The fraction of sp³-hybridized carbons (Fsp3) is 0.562. The molecule has 0 saturated carbocycles. The normalized spacial score (nSPS) is 19.9. The first-order valence-corrected chi connectivity index (χ1v) is 7.95. The van der Waals surface area contributed by atoms with Gasteiger partial charge in [-0.3, -0.25) is 4.79 Å². The van der Waals surface area contributed by atoms with E-state index in [-0.39, 0.29) is 5.91 Å². The Kier molecular flexibility index (Phi) is 5.26. The fourth-order valence-corrected chi connectivity index (χ4v) is 2.85. The van der Waals surface area contributed by atoms with Crippen LogP contribution in [0.3, 0.4) is 0 Å². The fourth-order valence-electron chi connectivity index (χ4n) is 2.85. The van der Waals surface area contributed by atoms with Crippen LogP contribution in [0.25, 0.3) is 0 Å². The van der Waals surface area contributed by atoms with E-state index >= 15 is 0 Å². The quantitative estimate of drug-likeness (QED) is 0.778. The Bertz CT molecular complexity index is 480. The Labute approximate surface area is 131 Å². The molecule has 0 aromatic heterocycles. The summed E-state index contributed by atoms with van der Waals surface area (Å²) in [5.41, 5.74) is 2.04. The average molecular weight is 306 g/mol. The van der Waals surface area contributed by atoms with Crippen LogP contribution in [0.15, 0.2) is 24.3 Å². The summed E-state index contributed by atoms with van der Waals surface area (Å²) in [6, 6.07) is 8.06. The lowest BCUT2D eigenvalue weighted by atomic mass is 10.2. The predicted molar refractivity (Wildman–Crippen MR) is 84.5 cm³/mol. The van der Waals surface area contributed by atoms with Gasteiger partial charge in [0.25, 0.3) is 5.91 Å². The lowest BCUT2D eigenvalue weighted by Crippen LogP contribution is -3.15. The summed E-state index contributed by atoms with van der Waals surface area (Å²) in [7, 11) is 0. The zero-order chi connectivity index (χ0) is 15.2. The second-order valence-corrected chi connectivity index (χ2v) is 5.73. The Balaban J connectivity index is 1.50. The highest BCUT2D eigenvalue weighted by Crippen LogP contribution is 2.18. The summed E-state index contributed by atoms with van der Waals surface area (Å²) in [6.45, 7) is 7.22. The van der Waals surface area contributed by atoms with E-state index in [1.54, 1.807) is 0 Å². The smallest absolute Gasteiger partial charge is 0.279 e. The molecule has 2 aliphatic rings. The first-order chi connectivity index (χ1) is 10.8. The number of quaternary nitrogens is 1. The number of benzene rings is 1. The van der Waals surface area contributed by atoms with E-state index in [0.717, 1.165) is 58.3 Å². The molecule has 2 N–H and O–H groups in total. The Morgan fingerprint density at radius 2 is 1.68 bits per heavy atom. The van der Waals surface area contributed by atoms with Gasteiger partial charge in [0.15, 0.2) is 6.54 Å². The van der Waals surface area contributed by atoms with Gasteiger partial charge in [0.2, 0.25) is 0 Å². The van der Waals surface area contributed by atoms with Crippen LogP contribution in [0.1, 0.15) is 0 Å². The zero-order valence-corrected chi connectivity index (χ0v) is 12.8. The van der Waals surface area contributed by atoms with Crippen molar-refractivity contribution in [3.8, 4) is 0 Å². The number of rotatable bonds is 4. The van der Waals surface area contributed by atoms with Gasteiger partial charge in [-0.2, -0.15) is 0 Å². The summed E-state index contributed by atoms with van der Waals surface area (Å²) in [5, 5.41) is 2.98. The van der Waals surface area contributed by atoms with Crippen molar-refractivity contribution in [2.75, 3.05) is 69.4 Å². The lowest BCUT2D eigenvalue weighted by Gasteiger charge is -2.29. The molecule has 2 fully saturated rings. The topological polar surface area (TPSA) is 55.2 Å². The maximum Gasteiger partial charge on any atom is 0.279 e. The standard InChI is InChI=1S/C16H23N3O3/c20-16(13-18-5-9-21-10-6-18)17-14-1-3-15(4-2-14)19-7-11-22-12-8-19/h1-4H,5-13H2,(H,17,20)/p+1. The van der Waals surface area contributed by atoms with Crippen LogP contribution in [0, 0.1) is 0 Å². The summed E-state index contributed by atoms with van der Waals surface area (Å²) < 4.78 is 10.7. The molecule has 6 heteroatoms. The van der Waals surface area contributed by atoms with Crippen molar-refractivity contribution >= 4 is 17.3 Å². The first-order valence-electron chi connectivity index (χ1n) is 7.95. The van der Waals surface area contributed by atoms with Crippen molar-refractivity contribution in [3.63, 3.8) is 0 Å². The monoisotopic (exact) mass is 306 g/mol. The van der Waals surface area contributed by atoms with Crippen molar-refractivity contribution in [1.82, 2.24) is 0 Å². The third-order valence-corrected chi connectivity index (χ3v) is 4.14. The van der Waals surface area contributed by atoms with Gasteiger partial charge in [0, 0.05) is 24.5 Å². The number of hydrogen-bond acceptors (Lipinski definition) is 4. The minimum absolute atomic E-state index is 0.0658. The van der Waals surface area contributed by atoms with Crippen molar-refractivity contribution in [3.05, 3.63) is 24.3 Å². The molecule has 0 atom stereocenters. The number of nitrogens with one attached hydrogen (secondary N) is 2. The third-order valence-electron chi connectivity index (χ3n) is 4.14. The van der Waals surface area contributed by atoms with E-state index in [1.807, 2.05) is 12.1 Å². The van der Waals surface area contributed by atoms with E-state index in [2.05, 4.69) is 22.3 Å². The van der Waals surface area contributed by atoms with Gasteiger partial charge in [0.05, 0.1) is 26.4 Å². The zero-order valence-electron chi connectivity index (χ0n) is 12.8. The lowest BCUT2D eigenvalue weighted by molar-refractivity contribution is -0.899. The molecule has 0 radical (unpaired) electrons. The van der Waals surface area contributed by atoms with Gasteiger partial charge in [-0.1, -0.05) is 0 Å². The number of amides is 1. The average Bonchev–Trinajstić information content (AvgIpc) is 2.57. The van der Waals surface area contributed by atoms with Gasteiger partial charge < -0.3 is 24.6 Å². The van der Waals surface area contributed by atoms with Crippen LogP contribution in [-0.4, -0.2) is 65.1 Å². The number of carbonyl (C=O) groups excluding carboxylic acids is 1. The number of morpholine rings is 2. The van der Waals surface area contributed by atoms with Gasteiger partial charge in [-0.15, -0.1) is 0 Å². The highest BCUT2D eigenvalue weighted by molar-refractivity contribution is 5.91. The Hall–Kier alpha value is -1.63. The van der Waals surface area contributed by atoms with E-state index in [9.17, 15) is 4.79 Å². The molecule has 2 heterocycles. The second kappa shape index (κ2) is 7.58. The summed E-state index contributed by atoms with van der Waals surface area (Å²) >= 11 is 0. The molecule has 0 bridgehead atoms. The minimum Gasteiger partial charge on any atom is -0.378 e. The van der Waals surface area contributed by atoms with Crippen LogP contribution in [0.2, 0.25) is 0 Å². The molecule has 6 nitrogen and oxygen atoms in total. The molecule has 0 aliphatic carbocycles. The molecule has 1 amide bonds. The number of anilines is 2. The largest absolute Gasteiger partial charge is 0.378 e. The molecule has 1 aromatic carbocycles. The van der Waals surface area contributed by atoms with Crippen LogP contribution >= 0.6 is 0 Å². The molecule has 0 unspecified atom stereocenters. The molecule has 2 saturated heterocycles. The predicted octanol–water partition coefficient (Wildman–Crippen LogP) is -0.623. The van der Waals surface area contributed by atoms with Crippen molar-refractivity contribution in [2.24, 2.45) is 0 Å². The Morgan fingerprint density at radius 3 is 2.36 bits per heavy atom. The summed E-state index contributed by atoms with van der Waals surface area (Å²) in [4.78, 5) is 15.7. The molecule has 1 aromatic rings. The number of carbonyl (C=O) groups is 1. The molecule has 3 rings (SSSR count). The van der Waals surface area contributed by atoms with Crippen molar-refractivity contribution in [1.29, 1.82) is 0 Å². The SMILES string of the molecule is O=C(C[NH+]1CCOCC1)Nc1ccc(N2CCOCC2)cc1. The summed E-state index contributed by atoms with van der Waals surface area (Å²) in [6.07, 6.45) is 0. The molecular weight excluding hydrogens is 282 g/mol. The van der Waals surface area contributed by atoms with E-state index in [1.165, 1.54) is 10.6 Å². The van der Waals surface area contributed by atoms with Crippen molar-refractivity contribution in [2.45, 2.75) is 0 Å². The van der Waals surface area contributed by atoms with Gasteiger partial charge in [-0.05, 0) is 24.3 Å². The minimum atomic E-state index is 0.0658. The summed E-state index contributed by atoms with van der Waals surface area (Å²) in [5.74, 6) is 0.0658. The van der Waals surface area contributed by atoms with Crippen LogP contribution in [0.5, 0.6) is 0 Å². The van der Waals surface area contributed by atoms with Crippen LogP contribution < -0.4 is 15.1 Å². The van der Waals surface area contributed by atoms with Gasteiger partial charge in [0.1, 0.15) is 13.1 Å². The Morgan fingerprint density at radius 1 is 1.05 bits per heavy atom. The maximum absolute atomic E-state index is 12.1. The highest BCUT2D eigenvalue weighted by atomic mass is 16.5. The molecule has 120 valence electrons. The second-order valence-electron chi connectivity index (χ2n) is 5.73. The third kappa shape index (κ3) is 4.19. The van der Waals surface area contributed by atoms with Crippen molar-refractivity contribution < 1.29 is 19.2 Å². The van der Waals surface area contributed by atoms with E-state index in [0.29, 0.717) is 6.54 Å². The van der Waals surface area contributed by atoms with Crippen LogP contribution in [-0.2, 0) is 14.3 Å². The first kappa shape index (κ1) is 15.3. The highest BCUT2D eigenvalue weighted by Gasteiger charge is 2.17. The molecular formula is C16H24N3O3+. The molecule has 2 aliphatic heterocycles. The molecule has 22 heavy (non-hydrogen) atoms. The van der Waals surface area contributed by atoms with Crippen LogP contribution in [0.4, 0.5) is 11.4 Å². The number of nitrogens with zero attached hydrogens (tertiary/aromatic N) is 1. The number of ether oxygens (including phenoxy) is 2.